The molecule has 1 aromatic carbocycles. The van der Waals surface area contributed by atoms with Crippen molar-refractivity contribution in [3.8, 4) is 6.07 Å². The van der Waals surface area contributed by atoms with E-state index in [9.17, 15) is 5.26 Å². The van der Waals surface area contributed by atoms with Gasteiger partial charge in [-0.15, -0.1) is 0 Å². The number of likely N-dealkylation sites (tertiary alicyclic amines) is 1. The first-order valence-electron chi connectivity index (χ1n) is 7.70. The fourth-order valence-corrected chi connectivity index (χ4v) is 3.83. The van der Waals surface area contributed by atoms with Crippen LogP contribution in [0.2, 0.25) is 0 Å². The standard InChI is InChI=1S/C17H23N3/c18-13-17(14-4-2-1-3-5-14)9-6-16(7-10-17)20-11-8-15(19)12-20/h1-5,15-16H,6-12,19H2. The van der Waals surface area contributed by atoms with E-state index in [0.29, 0.717) is 12.1 Å². The van der Waals surface area contributed by atoms with Gasteiger partial charge in [0.1, 0.15) is 0 Å². The summed E-state index contributed by atoms with van der Waals surface area (Å²) in [5.41, 5.74) is 6.94. The summed E-state index contributed by atoms with van der Waals surface area (Å²) in [6, 6.07) is 13.9. The second kappa shape index (κ2) is 5.55. The van der Waals surface area contributed by atoms with Gasteiger partial charge in [0.25, 0.3) is 0 Å². The molecule has 0 amide bonds. The third kappa shape index (κ3) is 2.46. The average Bonchev–Trinajstić information content (AvgIpc) is 2.95. The van der Waals surface area contributed by atoms with E-state index in [1.807, 2.05) is 18.2 Å². The van der Waals surface area contributed by atoms with E-state index in [1.165, 1.54) is 5.56 Å². The van der Waals surface area contributed by atoms with Crippen LogP contribution in [0.15, 0.2) is 30.3 Å². The molecule has 0 radical (unpaired) electrons. The predicted octanol–water partition coefficient (Wildman–Crippen LogP) is 2.42. The second-order valence-electron chi connectivity index (χ2n) is 6.33. The van der Waals surface area contributed by atoms with Crippen LogP contribution in [0.4, 0.5) is 0 Å². The number of hydrogen-bond acceptors (Lipinski definition) is 3. The first-order valence-corrected chi connectivity index (χ1v) is 7.70. The van der Waals surface area contributed by atoms with Crippen LogP contribution in [-0.4, -0.2) is 30.1 Å². The molecule has 1 saturated heterocycles. The lowest BCUT2D eigenvalue weighted by Gasteiger charge is -2.39. The number of nitrogens with zero attached hydrogens (tertiary/aromatic N) is 2. The minimum atomic E-state index is -0.264. The first-order chi connectivity index (χ1) is 9.73. The number of hydrogen-bond donors (Lipinski definition) is 1. The van der Waals surface area contributed by atoms with Gasteiger partial charge >= 0.3 is 0 Å². The Kier molecular flexibility index (Phi) is 3.78. The van der Waals surface area contributed by atoms with Gasteiger partial charge in [0, 0.05) is 25.2 Å². The molecule has 2 aliphatic rings. The van der Waals surface area contributed by atoms with E-state index >= 15 is 0 Å². The van der Waals surface area contributed by atoms with Crippen LogP contribution in [0.3, 0.4) is 0 Å². The maximum Gasteiger partial charge on any atom is 0.0823 e. The summed E-state index contributed by atoms with van der Waals surface area (Å²) in [6.45, 7) is 2.17. The average molecular weight is 269 g/mol. The Bertz CT molecular complexity index is 483. The Balaban J connectivity index is 1.69. The molecule has 1 aliphatic heterocycles. The number of nitriles is 1. The van der Waals surface area contributed by atoms with Crippen molar-refractivity contribution in [3.05, 3.63) is 35.9 Å². The maximum absolute atomic E-state index is 9.71. The van der Waals surface area contributed by atoms with Crippen molar-refractivity contribution in [2.24, 2.45) is 5.73 Å². The van der Waals surface area contributed by atoms with Gasteiger partial charge in [-0.3, -0.25) is 4.90 Å². The quantitative estimate of drug-likeness (QED) is 0.897. The Labute approximate surface area is 121 Å². The topological polar surface area (TPSA) is 53.0 Å². The highest BCUT2D eigenvalue weighted by atomic mass is 15.2. The van der Waals surface area contributed by atoms with Gasteiger partial charge in [-0.25, -0.2) is 0 Å². The summed E-state index contributed by atoms with van der Waals surface area (Å²) in [4.78, 5) is 2.54. The van der Waals surface area contributed by atoms with Gasteiger partial charge in [-0.05, 0) is 37.7 Å². The van der Waals surface area contributed by atoms with Crippen molar-refractivity contribution in [2.45, 2.75) is 49.6 Å². The molecule has 1 unspecified atom stereocenters. The summed E-state index contributed by atoms with van der Waals surface area (Å²) in [7, 11) is 0. The van der Waals surface area contributed by atoms with Crippen molar-refractivity contribution in [2.75, 3.05) is 13.1 Å². The van der Waals surface area contributed by atoms with Gasteiger partial charge in [-0.2, -0.15) is 5.26 Å². The lowest BCUT2D eigenvalue weighted by Crippen LogP contribution is -2.42. The molecule has 1 aromatic rings. The SMILES string of the molecule is N#CC1(c2ccccc2)CCC(N2CCC(N)C2)CC1. The highest BCUT2D eigenvalue weighted by molar-refractivity contribution is 5.33. The Hall–Kier alpha value is -1.37. The molecule has 1 aliphatic carbocycles. The Morgan fingerprint density at radius 1 is 1.15 bits per heavy atom. The summed E-state index contributed by atoms with van der Waals surface area (Å²) < 4.78 is 0. The number of rotatable bonds is 2. The van der Waals surface area contributed by atoms with Crippen LogP contribution in [0.25, 0.3) is 0 Å². The number of benzene rings is 1. The maximum atomic E-state index is 9.71. The van der Waals surface area contributed by atoms with Gasteiger partial charge in [0.15, 0.2) is 0 Å². The molecule has 20 heavy (non-hydrogen) atoms. The van der Waals surface area contributed by atoms with Crippen LogP contribution in [-0.2, 0) is 5.41 Å². The zero-order valence-corrected chi connectivity index (χ0v) is 12.0. The lowest BCUT2D eigenvalue weighted by atomic mass is 9.69. The summed E-state index contributed by atoms with van der Waals surface area (Å²) >= 11 is 0. The molecule has 3 nitrogen and oxygen atoms in total. The zero-order chi connectivity index (χ0) is 14.0. The summed E-state index contributed by atoms with van der Waals surface area (Å²) in [5.74, 6) is 0. The minimum absolute atomic E-state index is 0.264. The Morgan fingerprint density at radius 2 is 1.85 bits per heavy atom. The largest absolute Gasteiger partial charge is 0.326 e. The molecular formula is C17H23N3. The van der Waals surface area contributed by atoms with Crippen LogP contribution in [0.5, 0.6) is 0 Å². The second-order valence-corrected chi connectivity index (χ2v) is 6.33. The highest BCUT2D eigenvalue weighted by Crippen LogP contribution is 2.40. The third-order valence-electron chi connectivity index (χ3n) is 5.12. The van der Waals surface area contributed by atoms with E-state index in [0.717, 1.165) is 45.2 Å². The predicted molar refractivity (Wildman–Crippen MR) is 80.2 cm³/mol. The fourth-order valence-electron chi connectivity index (χ4n) is 3.83. The van der Waals surface area contributed by atoms with Crippen molar-refractivity contribution in [1.82, 2.24) is 4.90 Å². The summed E-state index contributed by atoms with van der Waals surface area (Å²) in [5, 5.41) is 9.71. The van der Waals surface area contributed by atoms with Crippen LogP contribution < -0.4 is 5.73 Å². The van der Waals surface area contributed by atoms with Crippen molar-refractivity contribution in [3.63, 3.8) is 0 Å². The van der Waals surface area contributed by atoms with Crippen LogP contribution >= 0.6 is 0 Å². The number of nitrogens with two attached hydrogens (primary N) is 1. The van der Waals surface area contributed by atoms with Gasteiger partial charge in [0.05, 0.1) is 11.5 Å². The molecule has 106 valence electrons. The summed E-state index contributed by atoms with van der Waals surface area (Å²) in [6.07, 6.45) is 5.32. The molecule has 1 saturated carbocycles. The van der Waals surface area contributed by atoms with E-state index in [4.69, 9.17) is 5.73 Å². The highest BCUT2D eigenvalue weighted by Gasteiger charge is 2.39. The lowest BCUT2D eigenvalue weighted by molar-refractivity contribution is 0.164. The van der Waals surface area contributed by atoms with Gasteiger partial charge in [0.2, 0.25) is 0 Å². The molecule has 1 heterocycles. The van der Waals surface area contributed by atoms with Crippen molar-refractivity contribution >= 4 is 0 Å². The molecular weight excluding hydrogens is 246 g/mol. The van der Waals surface area contributed by atoms with E-state index in [2.05, 4.69) is 23.1 Å². The van der Waals surface area contributed by atoms with Crippen molar-refractivity contribution in [1.29, 1.82) is 5.26 Å². The molecule has 0 aromatic heterocycles. The van der Waals surface area contributed by atoms with E-state index in [-0.39, 0.29) is 5.41 Å². The molecule has 0 spiro atoms. The molecule has 3 rings (SSSR count). The van der Waals surface area contributed by atoms with E-state index in [1.54, 1.807) is 0 Å². The normalized spacial score (nSPS) is 34.8. The monoisotopic (exact) mass is 269 g/mol. The van der Waals surface area contributed by atoms with E-state index < -0.39 is 0 Å². The zero-order valence-electron chi connectivity index (χ0n) is 12.0. The third-order valence-corrected chi connectivity index (χ3v) is 5.12. The van der Waals surface area contributed by atoms with Crippen molar-refractivity contribution < 1.29 is 0 Å². The van der Waals surface area contributed by atoms with Gasteiger partial charge < -0.3 is 5.73 Å². The minimum Gasteiger partial charge on any atom is -0.326 e. The smallest absolute Gasteiger partial charge is 0.0823 e. The van der Waals surface area contributed by atoms with Crippen LogP contribution in [0.1, 0.15) is 37.7 Å². The molecule has 3 heteroatoms. The van der Waals surface area contributed by atoms with Gasteiger partial charge in [-0.1, -0.05) is 30.3 Å². The van der Waals surface area contributed by atoms with Crippen LogP contribution in [0, 0.1) is 11.3 Å². The molecule has 1 atom stereocenters. The molecule has 2 fully saturated rings. The fraction of sp³-hybridized carbons (Fsp3) is 0.588. The molecule has 0 bridgehead atoms. The molecule has 2 N–H and O–H groups in total. The first kappa shape index (κ1) is 13.6. The Morgan fingerprint density at radius 3 is 2.40 bits per heavy atom.